The van der Waals surface area contributed by atoms with Crippen molar-refractivity contribution in [3.8, 4) is 5.75 Å². The van der Waals surface area contributed by atoms with Gasteiger partial charge in [0, 0.05) is 11.1 Å². The van der Waals surface area contributed by atoms with E-state index in [9.17, 15) is 18.0 Å². The summed E-state index contributed by atoms with van der Waals surface area (Å²) < 4.78 is 44.9. The van der Waals surface area contributed by atoms with E-state index in [1.807, 2.05) is 31.2 Å². The smallest absolute Gasteiger partial charge is 0.418 e. The Morgan fingerprint density at radius 3 is 2.57 bits per heavy atom. The topological polar surface area (TPSA) is 62.4 Å². The lowest BCUT2D eigenvalue weighted by atomic mass is 10.0. The molecule has 9 heteroatoms. The minimum absolute atomic E-state index is 0.0541. The average Bonchev–Trinajstić information content (AvgIpc) is 3.13. The second-order valence-electron chi connectivity index (χ2n) is 6.31. The van der Waals surface area contributed by atoms with Crippen LogP contribution in [0.15, 0.2) is 42.5 Å². The highest BCUT2D eigenvalue weighted by atomic mass is 35.5. The summed E-state index contributed by atoms with van der Waals surface area (Å²) in [4.78, 5) is 12.5. The Balaban J connectivity index is 1.67. The number of halogens is 4. The third-order valence-corrected chi connectivity index (χ3v) is 4.59. The summed E-state index contributed by atoms with van der Waals surface area (Å²) in [6.07, 6.45) is -4.24. The van der Waals surface area contributed by atoms with Crippen LogP contribution in [0.5, 0.6) is 5.75 Å². The number of hydrogen-bond acceptors (Lipinski definition) is 4. The first-order valence-corrected chi connectivity index (χ1v) is 9.07. The molecular formula is C19H19ClF3N3O2. The Morgan fingerprint density at radius 1 is 1.21 bits per heavy atom. The molecule has 2 unspecified atom stereocenters. The third kappa shape index (κ3) is 4.76. The fraction of sp³-hybridized carbons (Fsp3) is 0.316. The molecule has 0 radical (unpaired) electrons. The Kier molecular flexibility index (Phi) is 6.12. The maximum atomic E-state index is 13.2. The van der Waals surface area contributed by atoms with E-state index in [1.54, 1.807) is 0 Å². The first kappa shape index (κ1) is 20.4. The van der Waals surface area contributed by atoms with Gasteiger partial charge in [-0.15, -0.1) is 0 Å². The Bertz CT molecular complexity index is 843. The molecule has 2 aromatic carbocycles. The van der Waals surface area contributed by atoms with Gasteiger partial charge in [-0.2, -0.15) is 13.2 Å². The zero-order valence-corrected chi connectivity index (χ0v) is 15.7. The van der Waals surface area contributed by atoms with E-state index in [4.69, 9.17) is 16.3 Å². The van der Waals surface area contributed by atoms with Gasteiger partial charge in [0.25, 0.3) is 0 Å². The van der Waals surface area contributed by atoms with Crippen LogP contribution >= 0.6 is 11.6 Å². The molecule has 1 fully saturated rings. The normalized spacial score (nSPS) is 19.5. The van der Waals surface area contributed by atoms with Gasteiger partial charge in [0.15, 0.2) is 0 Å². The van der Waals surface area contributed by atoms with Crippen LogP contribution in [0.3, 0.4) is 0 Å². The molecular weight excluding hydrogens is 395 g/mol. The highest BCUT2D eigenvalue weighted by molar-refractivity contribution is 6.30. The van der Waals surface area contributed by atoms with Crippen molar-refractivity contribution in [3.63, 3.8) is 0 Å². The van der Waals surface area contributed by atoms with E-state index in [0.29, 0.717) is 13.0 Å². The molecule has 1 heterocycles. The molecule has 3 N–H and O–H groups in total. The predicted octanol–water partition coefficient (Wildman–Crippen LogP) is 4.30. The van der Waals surface area contributed by atoms with Gasteiger partial charge < -0.3 is 10.1 Å². The lowest BCUT2D eigenvalue weighted by Gasteiger charge is -2.16. The van der Waals surface area contributed by atoms with Crippen LogP contribution in [0.2, 0.25) is 5.02 Å². The number of ether oxygens (including phenoxy) is 1. The van der Waals surface area contributed by atoms with E-state index in [-0.39, 0.29) is 16.8 Å². The number of carbonyl (C=O) groups is 1. The molecule has 0 aliphatic carbocycles. The van der Waals surface area contributed by atoms with Crippen molar-refractivity contribution in [1.29, 1.82) is 0 Å². The molecule has 5 nitrogen and oxygen atoms in total. The zero-order chi connectivity index (χ0) is 20.3. The number of carbonyl (C=O) groups excluding carboxylic acids is 1. The van der Waals surface area contributed by atoms with Crippen LogP contribution in [0.4, 0.5) is 18.9 Å². The van der Waals surface area contributed by atoms with Crippen molar-refractivity contribution in [2.45, 2.75) is 31.6 Å². The Hall–Kier alpha value is -2.29. The molecule has 3 rings (SSSR count). The minimum Gasteiger partial charge on any atom is -0.494 e. The zero-order valence-electron chi connectivity index (χ0n) is 14.9. The molecule has 28 heavy (non-hydrogen) atoms. The van der Waals surface area contributed by atoms with Crippen molar-refractivity contribution in [1.82, 2.24) is 10.9 Å². The SMILES string of the molecule is CCOc1ccc(C2CC(C(=O)Nc3ccc(Cl)cc3C(F)(F)F)NN2)cc1. The van der Waals surface area contributed by atoms with E-state index < -0.39 is 23.7 Å². The van der Waals surface area contributed by atoms with Gasteiger partial charge >= 0.3 is 6.18 Å². The van der Waals surface area contributed by atoms with Crippen LogP contribution < -0.4 is 20.9 Å². The van der Waals surface area contributed by atoms with Gasteiger partial charge in [-0.25, -0.2) is 10.9 Å². The monoisotopic (exact) mass is 413 g/mol. The number of amides is 1. The summed E-state index contributed by atoms with van der Waals surface area (Å²) in [5.41, 5.74) is 5.46. The highest BCUT2D eigenvalue weighted by Gasteiger charge is 2.36. The third-order valence-electron chi connectivity index (χ3n) is 4.36. The Labute approximate surface area is 165 Å². The van der Waals surface area contributed by atoms with Crippen LogP contribution in [-0.4, -0.2) is 18.6 Å². The molecule has 0 aromatic heterocycles. The molecule has 150 valence electrons. The lowest BCUT2D eigenvalue weighted by Crippen LogP contribution is -2.39. The van der Waals surface area contributed by atoms with Gasteiger partial charge in [-0.05, 0) is 49.2 Å². The molecule has 1 aliphatic rings. The molecule has 1 saturated heterocycles. The van der Waals surface area contributed by atoms with Gasteiger partial charge in [0.1, 0.15) is 11.8 Å². The lowest BCUT2D eigenvalue weighted by molar-refractivity contribution is -0.137. The van der Waals surface area contributed by atoms with E-state index in [0.717, 1.165) is 23.4 Å². The highest BCUT2D eigenvalue weighted by Crippen LogP contribution is 2.36. The van der Waals surface area contributed by atoms with Crippen LogP contribution in [-0.2, 0) is 11.0 Å². The number of anilines is 1. The summed E-state index contributed by atoms with van der Waals surface area (Å²) in [5, 5.41) is 2.29. The van der Waals surface area contributed by atoms with Crippen molar-refractivity contribution in [3.05, 3.63) is 58.6 Å². The molecule has 2 aromatic rings. The standard InChI is InChI=1S/C19H19ClF3N3O2/c1-2-28-13-6-3-11(4-7-13)16-10-17(26-25-16)18(27)24-15-8-5-12(20)9-14(15)19(21,22)23/h3-9,16-17,25-26H,2,10H2,1H3,(H,24,27). The molecule has 0 saturated carbocycles. The first-order valence-electron chi connectivity index (χ1n) is 8.69. The number of benzene rings is 2. The fourth-order valence-corrected chi connectivity index (χ4v) is 3.16. The minimum atomic E-state index is -4.63. The largest absolute Gasteiger partial charge is 0.494 e. The van der Waals surface area contributed by atoms with Crippen molar-refractivity contribution in [2.75, 3.05) is 11.9 Å². The van der Waals surface area contributed by atoms with Crippen molar-refractivity contribution in [2.24, 2.45) is 0 Å². The number of hydrazine groups is 1. The number of hydrogen-bond donors (Lipinski definition) is 3. The van der Waals surface area contributed by atoms with Gasteiger partial charge in [0.05, 0.1) is 17.9 Å². The van der Waals surface area contributed by atoms with Gasteiger partial charge in [-0.3, -0.25) is 4.79 Å². The number of alkyl halides is 3. The molecule has 2 atom stereocenters. The van der Waals surface area contributed by atoms with Crippen molar-refractivity contribution >= 4 is 23.2 Å². The average molecular weight is 414 g/mol. The van der Waals surface area contributed by atoms with Gasteiger partial charge in [-0.1, -0.05) is 23.7 Å². The number of rotatable bonds is 5. The Morgan fingerprint density at radius 2 is 1.93 bits per heavy atom. The summed E-state index contributed by atoms with van der Waals surface area (Å²) >= 11 is 5.66. The molecule has 0 spiro atoms. The van der Waals surface area contributed by atoms with Crippen LogP contribution in [0.25, 0.3) is 0 Å². The maximum absolute atomic E-state index is 13.2. The van der Waals surface area contributed by atoms with Crippen molar-refractivity contribution < 1.29 is 22.7 Å². The molecule has 1 amide bonds. The first-order chi connectivity index (χ1) is 13.3. The van der Waals surface area contributed by atoms with E-state index in [2.05, 4.69) is 16.2 Å². The van der Waals surface area contributed by atoms with E-state index in [1.165, 1.54) is 6.07 Å². The second kappa shape index (κ2) is 8.38. The fourth-order valence-electron chi connectivity index (χ4n) is 2.99. The number of nitrogens with one attached hydrogen (secondary N) is 3. The van der Waals surface area contributed by atoms with Gasteiger partial charge in [0.2, 0.25) is 5.91 Å². The second-order valence-corrected chi connectivity index (χ2v) is 6.74. The summed E-state index contributed by atoms with van der Waals surface area (Å²) in [7, 11) is 0. The summed E-state index contributed by atoms with van der Waals surface area (Å²) in [6.45, 7) is 2.46. The molecule has 1 aliphatic heterocycles. The summed E-state index contributed by atoms with van der Waals surface area (Å²) in [5.74, 6) is 0.183. The quantitative estimate of drug-likeness (QED) is 0.683. The predicted molar refractivity (Wildman–Crippen MR) is 100 cm³/mol. The molecule has 0 bridgehead atoms. The van der Waals surface area contributed by atoms with Crippen LogP contribution in [0.1, 0.15) is 30.5 Å². The maximum Gasteiger partial charge on any atom is 0.418 e. The van der Waals surface area contributed by atoms with E-state index >= 15 is 0 Å². The summed E-state index contributed by atoms with van der Waals surface area (Å²) in [6, 6.07) is 9.82. The van der Waals surface area contributed by atoms with Crippen LogP contribution in [0, 0.1) is 0 Å².